The van der Waals surface area contributed by atoms with Crippen molar-refractivity contribution in [2.24, 2.45) is 0 Å². The SMILES string of the molecule is CC1(C)c2cc3ccccc3cc2-c2c(-n3c4ccccc4c4cc(-c5ccc6c(c5)c5ccccc5n6-c5ccccc5)ccc43)cccc21. The van der Waals surface area contributed by atoms with Crippen molar-refractivity contribution in [3.8, 4) is 33.6 Å². The van der Waals surface area contributed by atoms with Gasteiger partial charge in [-0.3, -0.25) is 0 Å². The molecule has 2 nitrogen and oxygen atoms in total. The van der Waals surface area contributed by atoms with Gasteiger partial charge in [0.05, 0.1) is 27.8 Å². The average molecular weight is 651 g/mol. The highest BCUT2D eigenvalue weighted by molar-refractivity contribution is 6.13. The number of nitrogens with zero attached hydrogens (tertiary/aromatic N) is 2. The van der Waals surface area contributed by atoms with Crippen molar-refractivity contribution in [2.45, 2.75) is 19.3 Å². The molecule has 0 bridgehead atoms. The number of fused-ring (bicyclic) bond motifs is 10. The van der Waals surface area contributed by atoms with Gasteiger partial charge in [-0.15, -0.1) is 0 Å². The summed E-state index contributed by atoms with van der Waals surface area (Å²) in [6.45, 7) is 4.75. The van der Waals surface area contributed by atoms with Crippen molar-refractivity contribution in [2.75, 3.05) is 0 Å². The normalized spacial score (nSPS) is 13.5. The lowest BCUT2D eigenvalue weighted by Crippen LogP contribution is -2.15. The smallest absolute Gasteiger partial charge is 0.0543 e. The van der Waals surface area contributed by atoms with Crippen LogP contribution in [0.4, 0.5) is 0 Å². The van der Waals surface area contributed by atoms with Crippen LogP contribution in [0.1, 0.15) is 25.0 Å². The van der Waals surface area contributed by atoms with Gasteiger partial charge in [-0.25, -0.2) is 0 Å². The lowest BCUT2D eigenvalue weighted by Gasteiger charge is -2.22. The molecule has 1 aliphatic carbocycles. The van der Waals surface area contributed by atoms with E-state index in [2.05, 4.69) is 193 Å². The van der Waals surface area contributed by atoms with E-state index in [1.54, 1.807) is 0 Å². The Kier molecular flexibility index (Phi) is 5.76. The Morgan fingerprint density at radius 3 is 1.63 bits per heavy atom. The van der Waals surface area contributed by atoms with Crippen LogP contribution in [0.25, 0.3) is 88.0 Å². The van der Waals surface area contributed by atoms with Crippen molar-refractivity contribution in [1.29, 1.82) is 0 Å². The topological polar surface area (TPSA) is 9.86 Å². The maximum absolute atomic E-state index is 2.50. The molecule has 0 spiro atoms. The van der Waals surface area contributed by atoms with E-state index < -0.39 is 0 Å². The molecule has 51 heavy (non-hydrogen) atoms. The van der Waals surface area contributed by atoms with Crippen LogP contribution < -0.4 is 0 Å². The molecule has 0 N–H and O–H groups in total. The quantitative estimate of drug-likeness (QED) is 0.180. The third-order valence-corrected chi connectivity index (χ3v) is 11.5. The second-order valence-electron chi connectivity index (χ2n) is 14.6. The van der Waals surface area contributed by atoms with Gasteiger partial charge in [0, 0.05) is 38.2 Å². The molecule has 0 saturated heterocycles. The van der Waals surface area contributed by atoms with Gasteiger partial charge in [-0.1, -0.05) is 117 Å². The second-order valence-corrected chi connectivity index (χ2v) is 14.6. The molecule has 0 aliphatic heterocycles. The van der Waals surface area contributed by atoms with Crippen molar-refractivity contribution in [3.63, 3.8) is 0 Å². The highest BCUT2D eigenvalue weighted by atomic mass is 15.0. The van der Waals surface area contributed by atoms with Crippen molar-refractivity contribution in [3.05, 3.63) is 181 Å². The van der Waals surface area contributed by atoms with Crippen LogP contribution in [0.15, 0.2) is 170 Å². The first kappa shape index (κ1) is 28.5. The second kappa shape index (κ2) is 10.3. The predicted octanol–water partition coefficient (Wildman–Crippen LogP) is 13.0. The first-order chi connectivity index (χ1) is 25.1. The first-order valence-electron chi connectivity index (χ1n) is 17.9. The highest BCUT2D eigenvalue weighted by Crippen LogP contribution is 2.53. The van der Waals surface area contributed by atoms with Crippen molar-refractivity contribution in [1.82, 2.24) is 9.13 Å². The molecule has 240 valence electrons. The molecule has 10 aromatic rings. The van der Waals surface area contributed by atoms with Gasteiger partial charge in [0.2, 0.25) is 0 Å². The fraction of sp³-hybridized carbons (Fsp3) is 0.0612. The zero-order valence-electron chi connectivity index (χ0n) is 28.6. The van der Waals surface area contributed by atoms with Crippen LogP contribution in [0.5, 0.6) is 0 Å². The summed E-state index contributed by atoms with van der Waals surface area (Å²) >= 11 is 0. The fourth-order valence-corrected chi connectivity index (χ4v) is 9.06. The molecular weight excluding hydrogens is 617 g/mol. The molecule has 0 atom stereocenters. The van der Waals surface area contributed by atoms with E-state index in [9.17, 15) is 0 Å². The molecule has 2 aromatic heterocycles. The van der Waals surface area contributed by atoms with Crippen LogP contribution in [0.2, 0.25) is 0 Å². The standard InChI is InChI=1S/C49H34N2/c1-49(2)41-19-12-22-47(48(41)40-29-31-13-6-7-14-32(31)30-42(40)49)51-44-21-11-9-18-37(44)39-28-34(24-26-46(39)51)33-23-25-45-38(27-33)36-17-8-10-20-43(36)50(45)35-15-4-3-5-16-35/h3-30H,1-2H3. The number of hydrogen-bond acceptors (Lipinski definition) is 0. The van der Waals surface area contributed by atoms with Crippen LogP contribution in [0.3, 0.4) is 0 Å². The summed E-state index contributed by atoms with van der Waals surface area (Å²) in [5.41, 5.74) is 15.1. The largest absolute Gasteiger partial charge is 0.309 e. The maximum atomic E-state index is 2.50. The lowest BCUT2D eigenvalue weighted by atomic mass is 9.82. The Morgan fingerprint density at radius 2 is 0.941 bits per heavy atom. The summed E-state index contributed by atoms with van der Waals surface area (Å²) in [7, 11) is 0. The predicted molar refractivity (Wildman–Crippen MR) is 216 cm³/mol. The van der Waals surface area contributed by atoms with Gasteiger partial charge >= 0.3 is 0 Å². The van der Waals surface area contributed by atoms with Gasteiger partial charge < -0.3 is 9.13 Å². The average Bonchev–Trinajstić information content (AvgIpc) is 3.77. The molecular formula is C49H34N2. The monoisotopic (exact) mass is 650 g/mol. The van der Waals surface area contributed by atoms with Crippen molar-refractivity contribution >= 4 is 54.4 Å². The third-order valence-electron chi connectivity index (χ3n) is 11.5. The Hall–Kier alpha value is -6.38. The number of para-hydroxylation sites is 3. The van der Waals surface area contributed by atoms with Crippen molar-refractivity contribution < 1.29 is 0 Å². The van der Waals surface area contributed by atoms with Gasteiger partial charge in [-0.05, 0) is 105 Å². The molecule has 0 radical (unpaired) electrons. The van der Waals surface area contributed by atoms with Crippen LogP contribution in [0, 0.1) is 0 Å². The van der Waals surface area contributed by atoms with Crippen LogP contribution in [-0.2, 0) is 5.41 Å². The molecule has 8 aromatic carbocycles. The Labute approximate surface area is 296 Å². The summed E-state index contributed by atoms with van der Waals surface area (Å²) in [6, 6.07) is 62.8. The van der Waals surface area contributed by atoms with E-state index in [0.717, 1.165) is 0 Å². The van der Waals surface area contributed by atoms with Gasteiger partial charge in [-0.2, -0.15) is 0 Å². The first-order valence-corrected chi connectivity index (χ1v) is 17.9. The van der Waals surface area contributed by atoms with Gasteiger partial charge in [0.15, 0.2) is 0 Å². The summed E-state index contributed by atoms with van der Waals surface area (Å²) in [5.74, 6) is 0. The fourth-order valence-electron chi connectivity index (χ4n) is 9.06. The highest BCUT2D eigenvalue weighted by Gasteiger charge is 2.37. The van der Waals surface area contributed by atoms with Gasteiger partial charge in [0.1, 0.15) is 0 Å². The van der Waals surface area contributed by atoms with E-state index in [1.165, 1.54) is 99.1 Å². The molecule has 0 unspecified atom stereocenters. The van der Waals surface area contributed by atoms with E-state index in [1.807, 2.05) is 0 Å². The lowest BCUT2D eigenvalue weighted by molar-refractivity contribution is 0.661. The Morgan fingerprint density at radius 1 is 0.392 bits per heavy atom. The zero-order valence-corrected chi connectivity index (χ0v) is 28.6. The van der Waals surface area contributed by atoms with E-state index >= 15 is 0 Å². The van der Waals surface area contributed by atoms with Gasteiger partial charge in [0.25, 0.3) is 0 Å². The minimum atomic E-state index is -0.0983. The maximum Gasteiger partial charge on any atom is 0.0543 e. The summed E-state index contributed by atoms with van der Waals surface area (Å²) in [4.78, 5) is 0. The molecule has 0 amide bonds. The minimum Gasteiger partial charge on any atom is -0.309 e. The summed E-state index contributed by atoms with van der Waals surface area (Å²) in [5, 5.41) is 7.65. The van der Waals surface area contributed by atoms with Crippen LogP contribution >= 0.6 is 0 Å². The molecule has 0 fully saturated rings. The number of aromatic nitrogens is 2. The summed E-state index contributed by atoms with van der Waals surface area (Å²) in [6.07, 6.45) is 0. The van der Waals surface area contributed by atoms with E-state index in [-0.39, 0.29) is 5.41 Å². The Bertz CT molecular complexity index is 3040. The zero-order chi connectivity index (χ0) is 33.8. The Balaban J connectivity index is 1.13. The number of hydrogen-bond donors (Lipinski definition) is 0. The summed E-state index contributed by atoms with van der Waals surface area (Å²) < 4.78 is 4.89. The molecule has 2 heterocycles. The third kappa shape index (κ3) is 3.93. The molecule has 11 rings (SSSR count). The van der Waals surface area contributed by atoms with Crippen LogP contribution in [-0.4, -0.2) is 9.13 Å². The minimum absolute atomic E-state index is 0.0983. The molecule has 0 saturated carbocycles. The molecule has 2 heteroatoms. The number of rotatable bonds is 3. The number of benzene rings is 8. The molecule has 1 aliphatic rings. The van der Waals surface area contributed by atoms with E-state index in [4.69, 9.17) is 0 Å². The van der Waals surface area contributed by atoms with E-state index in [0.29, 0.717) is 0 Å².